The van der Waals surface area contributed by atoms with Crippen LogP contribution in [-0.4, -0.2) is 34.1 Å². The Morgan fingerprint density at radius 2 is 2.14 bits per heavy atom. The first-order valence-corrected chi connectivity index (χ1v) is 7.59. The van der Waals surface area contributed by atoms with Gasteiger partial charge in [0.1, 0.15) is 0 Å². The van der Waals surface area contributed by atoms with Gasteiger partial charge < -0.3 is 10.2 Å². The smallest absolute Gasteiger partial charge is 0.247 e. The highest BCUT2D eigenvalue weighted by atomic mass is 35.5. The highest BCUT2D eigenvalue weighted by molar-refractivity contribution is 6.30. The molecule has 116 valence electrons. The number of likely N-dealkylation sites (tertiary alicyclic amines) is 1. The van der Waals surface area contributed by atoms with Crippen molar-refractivity contribution in [2.75, 3.05) is 13.1 Å². The van der Waals surface area contributed by atoms with Crippen LogP contribution in [0.4, 0.5) is 0 Å². The maximum atomic E-state index is 11.3. The molecule has 0 radical (unpaired) electrons. The van der Waals surface area contributed by atoms with Crippen LogP contribution in [0.2, 0.25) is 5.02 Å². The van der Waals surface area contributed by atoms with E-state index in [1.807, 2.05) is 12.1 Å². The molecule has 0 aliphatic carbocycles. The zero-order valence-corrected chi connectivity index (χ0v) is 12.8. The van der Waals surface area contributed by atoms with Crippen molar-refractivity contribution in [3.05, 3.63) is 35.2 Å². The molecule has 2 N–H and O–H groups in total. The molecule has 1 aromatic heterocycles. The number of carbonyl (C=O) groups excluding carboxylic acids is 1. The van der Waals surface area contributed by atoms with Gasteiger partial charge in [0.05, 0.1) is 12.5 Å². The van der Waals surface area contributed by atoms with E-state index in [0.29, 0.717) is 29.9 Å². The number of halogens is 1. The topological polar surface area (TPSA) is 85.3 Å². The van der Waals surface area contributed by atoms with Crippen LogP contribution in [-0.2, 0) is 11.3 Å². The molecule has 1 aliphatic heterocycles. The van der Waals surface area contributed by atoms with Gasteiger partial charge in [0.25, 0.3) is 0 Å². The van der Waals surface area contributed by atoms with Crippen molar-refractivity contribution < 1.29 is 9.21 Å². The Labute approximate surface area is 133 Å². The Kier molecular flexibility index (Phi) is 4.40. The summed E-state index contributed by atoms with van der Waals surface area (Å²) in [6.45, 7) is 2.08. The summed E-state index contributed by atoms with van der Waals surface area (Å²) in [5, 5.41) is 8.79. The zero-order valence-electron chi connectivity index (χ0n) is 12.0. The molecule has 1 aliphatic rings. The molecule has 1 aromatic carbocycles. The third-order valence-corrected chi connectivity index (χ3v) is 4.08. The lowest BCUT2D eigenvalue weighted by atomic mass is 9.97. The molecule has 6 nitrogen and oxygen atoms in total. The number of hydrogen-bond acceptors (Lipinski definition) is 5. The summed E-state index contributed by atoms with van der Waals surface area (Å²) in [5.74, 6) is 0.676. The normalized spacial score (nSPS) is 19.2. The fraction of sp³-hybridized carbons (Fsp3) is 0.400. The summed E-state index contributed by atoms with van der Waals surface area (Å²) in [6.07, 6.45) is 1.80. The average molecular weight is 321 g/mol. The molecule has 0 saturated carbocycles. The summed E-state index contributed by atoms with van der Waals surface area (Å²) in [7, 11) is 0. The first kappa shape index (κ1) is 15.0. The lowest BCUT2D eigenvalue weighted by Gasteiger charge is -2.29. The van der Waals surface area contributed by atoms with Gasteiger partial charge in [-0.1, -0.05) is 11.6 Å². The molecular formula is C15H17ClN4O2. The van der Waals surface area contributed by atoms with Crippen LogP contribution in [0.25, 0.3) is 11.5 Å². The summed E-state index contributed by atoms with van der Waals surface area (Å²) in [6, 6.07) is 7.24. The van der Waals surface area contributed by atoms with Crippen molar-refractivity contribution in [1.29, 1.82) is 0 Å². The number of nitrogens with two attached hydrogens (primary N) is 1. The zero-order chi connectivity index (χ0) is 15.5. The van der Waals surface area contributed by atoms with Crippen molar-refractivity contribution in [2.45, 2.75) is 19.4 Å². The molecule has 2 aromatic rings. The quantitative estimate of drug-likeness (QED) is 0.932. The molecule has 0 bridgehead atoms. The second-order valence-electron chi connectivity index (χ2n) is 5.48. The lowest BCUT2D eigenvalue weighted by Crippen LogP contribution is -2.40. The molecule has 22 heavy (non-hydrogen) atoms. The Bertz CT molecular complexity index is 656. The van der Waals surface area contributed by atoms with Gasteiger partial charge in [-0.25, -0.2) is 0 Å². The molecular weight excluding hydrogens is 304 g/mol. The average Bonchev–Trinajstić information content (AvgIpc) is 2.96. The molecule has 1 saturated heterocycles. The highest BCUT2D eigenvalue weighted by Gasteiger charge is 2.25. The van der Waals surface area contributed by atoms with Gasteiger partial charge >= 0.3 is 0 Å². The number of piperidine rings is 1. The van der Waals surface area contributed by atoms with Crippen molar-refractivity contribution in [3.8, 4) is 11.5 Å². The minimum atomic E-state index is -0.239. The molecule has 0 unspecified atom stereocenters. The summed E-state index contributed by atoms with van der Waals surface area (Å²) in [4.78, 5) is 13.4. The van der Waals surface area contributed by atoms with Crippen LogP contribution in [0.1, 0.15) is 18.7 Å². The Morgan fingerprint density at radius 1 is 1.36 bits per heavy atom. The Hall–Kier alpha value is -1.92. The van der Waals surface area contributed by atoms with E-state index in [4.69, 9.17) is 21.8 Å². The van der Waals surface area contributed by atoms with Gasteiger partial charge in [-0.3, -0.25) is 9.69 Å². The van der Waals surface area contributed by atoms with Crippen LogP contribution < -0.4 is 5.73 Å². The van der Waals surface area contributed by atoms with Crippen LogP contribution >= 0.6 is 11.6 Å². The number of amides is 1. The fourth-order valence-corrected chi connectivity index (χ4v) is 2.78. The number of benzene rings is 1. The largest absolute Gasteiger partial charge is 0.419 e. The monoisotopic (exact) mass is 320 g/mol. The third-order valence-electron chi connectivity index (χ3n) is 3.82. The summed E-state index contributed by atoms with van der Waals surface area (Å²) >= 11 is 5.86. The van der Waals surface area contributed by atoms with E-state index in [1.54, 1.807) is 12.1 Å². The van der Waals surface area contributed by atoms with Crippen molar-refractivity contribution in [1.82, 2.24) is 15.1 Å². The van der Waals surface area contributed by atoms with Gasteiger partial charge in [0.15, 0.2) is 0 Å². The van der Waals surface area contributed by atoms with E-state index >= 15 is 0 Å². The Morgan fingerprint density at radius 3 is 2.86 bits per heavy atom. The first-order valence-electron chi connectivity index (χ1n) is 7.22. The maximum Gasteiger partial charge on any atom is 0.247 e. The summed E-state index contributed by atoms with van der Waals surface area (Å²) in [5.41, 5.74) is 6.22. The molecule has 1 atom stereocenters. The fourth-order valence-electron chi connectivity index (χ4n) is 2.65. The van der Waals surface area contributed by atoms with Gasteiger partial charge in [-0.05, 0) is 43.7 Å². The van der Waals surface area contributed by atoms with Crippen LogP contribution in [0.3, 0.4) is 0 Å². The second kappa shape index (κ2) is 6.46. The van der Waals surface area contributed by atoms with Crippen LogP contribution in [0, 0.1) is 5.92 Å². The van der Waals surface area contributed by atoms with Crippen molar-refractivity contribution >= 4 is 17.5 Å². The standard InChI is InChI=1S/C15H17ClN4O2/c16-12-5-3-10(4-6-12)15-19-18-13(22-15)9-20-7-1-2-11(8-20)14(17)21/h3-6,11H,1-2,7-9H2,(H2,17,21)/t11-/m0/s1. The lowest BCUT2D eigenvalue weighted by molar-refractivity contribution is -0.123. The minimum absolute atomic E-state index is 0.0904. The van der Waals surface area contributed by atoms with E-state index in [2.05, 4.69) is 15.1 Å². The highest BCUT2D eigenvalue weighted by Crippen LogP contribution is 2.22. The van der Waals surface area contributed by atoms with E-state index in [1.165, 1.54) is 0 Å². The van der Waals surface area contributed by atoms with E-state index in [0.717, 1.165) is 24.9 Å². The van der Waals surface area contributed by atoms with Crippen molar-refractivity contribution in [2.24, 2.45) is 11.7 Å². The SMILES string of the molecule is NC(=O)[C@H]1CCCN(Cc2nnc(-c3ccc(Cl)cc3)o2)C1. The molecule has 1 fully saturated rings. The van der Waals surface area contributed by atoms with Gasteiger partial charge in [0.2, 0.25) is 17.7 Å². The van der Waals surface area contributed by atoms with E-state index in [-0.39, 0.29) is 11.8 Å². The third kappa shape index (κ3) is 3.45. The molecule has 1 amide bonds. The summed E-state index contributed by atoms with van der Waals surface area (Å²) < 4.78 is 5.68. The number of hydrogen-bond donors (Lipinski definition) is 1. The van der Waals surface area contributed by atoms with Crippen molar-refractivity contribution in [3.63, 3.8) is 0 Å². The maximum absolute atomic E-state index is 11.3. The van der Waals surface area contributed by atoms with Gasteiger partial charge in [0, 0.05) is 17.1 Å². The van der Waals surface area contributed by atoms with Gasteiger partial charge in [-0.15, -0.1) is 10.2 Å². The molecule has 2 heterocycles. The molecule has 0 spiro atoms. The number of carbonyl (C=O) groups is 1. The number of primary amides is 1. The van der Waals surface area contributed by atoms with Crippen LogP contribution in [0.5, 0.6) is 0 Å². The number of aromatic nitrogens is 2. The Balaban J connectivity index is 1.66. The van der Waals surface area contributed by atoms with E-state index in [9.17, 15) is 4.79 Å². The second-order valence-corrected chi connectivity index (χ2v) is 5.92. The number of nitrogens with zero attached hydrogens (tertiary/aromatic N) is 3. The molecule has 7 heteroatoms. The predicted molar refractivity (Wildman–Crippen MR) is 81.9 cm³/mol. The minimum Gasteiger partial charge on any atom is -0.419 e. The van der Waals surface area contributed by atoms with E-state index < -0.39 is 0 Å². The first-order chi connectivity index (χ1) is 10.6. The van der Waals surface area contributed by atoms with Crippen LogP contribution in [0.15, 0.2) is 28.7 Å². The van der Waals surface area contributed by atoms with Gasteiger partial charge in [-0.2, -0.15) is 0 Å². The predicted octanol–water partition coefficient (Wildman–Crippen LogP) is 2.09. The molecule has 3 rings (SSSR count). The number of rotatable bonds is 4.